The third-order valence-electron chi connectivity index (χ3n) is 7.43. The third kappa shape index (κ3) is 9.75. The summed E-state index contributed by atoms with van der Waals surface area (Å²) in [4.78, 5) is 69.9. The number of guanidine groups is 1. The molecule has 0 saturated carbocycles. The van der Waals surface area contributed by atoms with Crippen LogP contribution in [-0.4, -0.2) is 93.0 Å². The van der Waals surface area contributed by atoms with Crippen molar-refractivity contribution in [3.63, 3.8) is 0 Å². The summed E-state index contributed by atoms with van der Waals surface area (Å²) in [5, 5.41) is 37.0. The highest BCUT2D eigenvalue weighted by atomic mass is 16.4. The van der Waals surface area contributed by atoms with E-state index in [0.29, 0.717) is 25.7 Å². The van der Waals surface area contributed by atoms with E-state index in [1.54, 1.807) is 13.8 Å². The Morgan fingerprint density at radius 1 is 1.05 bits per heavy atom. The summed E-state index contributed by atoms with van der Waals surface area (Å²) in [6.07, 6.45) is 1.86. The van der Waals surface area contributed by atoms with Crippen LogP contribution in [0.3, 0.4) is 0 Å². The van der Waals surface area contributed by atoms with Crippen molar-refractivity contribution in [3.8, 4) is 11.5 Å². The van der Waals surface area contributed by atoms with Crippen molar-refractivity contribution in [3.05, 3.63) is 23.8 Å². The van der Waals surface area contributed by atoms with Crippen molar-refractivity contribution in [2.24, 2.45) is 22.4 Å². The molecule has 0 spiro atoms. The zero-order valence-electron chi connectivity index (χ0n) is 24.7. The minimum absolute atomic E-state index is 0.0945. The van der Waals surface area contributed by atoms with Gasteiger partial charge in [-0.2, -0.15) is 0 Å². The Kier molecular flexibility index (Phi) is 13.0. The van der Waals surface area contributed by atoms with E-state index in [1.807, 2.05) is 6.92 Å². The maximum atomic E-state index is 13.8. The van der Waals surface area contributed by atoms with Crippen LogP contribution < -0.4 is 27.4 Å². The Morgan fingerprint density at radius 2 is 1.74 bits per heavy atom. The highest BCUT2D eigenvalue weighted by Gasteiger charge is 2.40. The van der Waals surface area contributed by atoms with Crippen LogP contribution in [0, 0.1) is 5.92 Å². The molecule has 0 aliphatic carbocycles. The van der Waals surface area contributed by atoms with Crippen molar-refractivity contribution in [1.29, 1.82) is 0 Å². The number of aromatic hydroxyl groups is 2. The molecular weight excluding hydrogens is 562 g/mol. The number of carbonyl (C=O) groups excluding carboxylic acids is 4. The van der Waals surface area contributed by atoms with E-state index in [-0.39, 0.29) is 49.1 Å². The Labute approximate surface area is 250 Å². The maximum Gasteiger partial charge on any atom is 0.326 e. The quantitative estimate of drug-likeness (QED) is 0.0563. The summed E-state index contributed by atoms with van der Waals surface area (Å²) in [6, 6.07) is -0.823. The van der Waals surface area contributed by atoms with Gasteiger partial charge in [0.05, 0.1) is 5.56 Å². The molecule has 10 N–H and O–H groups in total. The zero-order valence-corrected chi connectivity index (χ0v) is 24.7. The second-order valence-corrected chi connectivity index (χ2v) is 10.5. The van der Waals surface area contributed by atoms with Crippen LogP contribution in [0.15, 0.2) is 23.2 Å². The minimum Gasteiger partial charge on any atom is -0.508 e. The van der Waals surface area contributed by atoms with Gasteiger partial charge >= 0.3 is 5.97 Å². The first kappa shape index (κ1) is 34.6. The Morgan fingerprint density at radius 3 is 2.35 bits per heavy atom. The molecule has 1 fully saturated rings. The van der Waals surface area contributed by atoms with E-state index < -0.39 is 59.5 Å². The first-order valence-electron chi connectivity index (χ1n) is 14.3. The number of hydrogen-bond donors (Lipinski definition) is 8. The topological polar surface area (TPSA) is 250 Å². The van der Waals surface area contributed by atoms with E-state index in [1.165, 1.54) is 11.0 Å². The molecule has 1 aliphatic rings. The number of phenols is 2. The van der Waals surface area contributed by atoms with Crippen LogP contribution in [0.2, 0.25) is 0 Å². The fraction of sp³-hybridized carbons (Fsp3) is 0.571. The number of carboxylic acids is 1. The van der Waals surface area contributed by atoms with Gasteiger partial charge < -0.3 is 47.6 Å². The van der Waals surface area contributed by atoms with Crippen molar-refractivity contribution in [1.82, 2.24) is 20.9 Å². The number of phenolic OH excluding ortho intramolecular Hbond substituents is 2. The second-order valence-electron chi connectivity index (χ2n) is 10.5. The van der Waals surface area contributed by atoms with Crippen molar-refractivity contribution in [2.75, 3.05) is 13.1 Å². The van der Waals surface area contributed by atoms with Gasteiger partial charge in [0.2, 0.25) is 17.7 Å². The van der Waals surface area contributed by atoms with Crippen LogP contribution in [0.1, 0.15) is 69.7 Å². The number of nitrogens with two attached hydrogens (primary N) is 2. The molecule has 1 aromatic rings. The molecule has 4 amide bonds. The highest BCUT2D eigenvalue weighted by Crippen LogP contribution is 2.24. The number of aliphatic carboxylic acids is 1. The number of hydrogen-bond acceptors (Lipinski definition) is 8. The molecule has 1 saturated heterocycles. The minimum atomic E-state index is -1.19. The molecule has 0 bridgehead atoms. The van der Waals surface area contributed by atoms with Gasteiger partial charge in [-0.1, -0.05) is 27.2 Å². The number of carbonyl (C=O) groups is 5. The van der Waals surface area contributed by atoms with Crippen molar-refractivity contribution in [2.45, 2.75) is 83.5 Å². The van der Waals surface area contributed by atoms with Gasteiger partial charge in [0, 0.05) is 13.1 Å². The van der Waals surface area contributed by atoms with Gasteiger partial charge in [0.25, 0.3) is 5.91 Å². The lowest BCUT2D eigenvalue weighted by Crippen LogP contribution is -2.58. The normalized spacial score (nSPS) is 17.2. The molecule has 1 heterocycles. The van der Waals surface area contributed by atoms with Crippen molar-refractivity contribution < 1.29 is 39.3 Å². The summed E-state index contributed by atoms with van der Waals surface area (Å²) >= 11 is 0. The SMILES string of the molecule is CC[C@H](NC(=O)[C@H](NC(=O)[C@@H]1CCCN1C(=O)[C@@H](CCCN=C(N)N)NC(=O)c1cc(O)ccc1O)[C@H](C)CC)C(=O)O. The fourth-order valence-corrected chi connectivity index (χ4v) is 4.76. The van der Waals surface area contributed by atoms with E-state index in [0.717, 1.165) is 12.1 Å². The molecule has 15 heteroatoms. The molecule has 2 rings (SSSR count). The van der Waals surface area contributed by atoms with E-state index in [2.05, 4.69) is 20.9 Å². The molecule has 5 atom stereocenters. The Bertz CT molecular complexity index is 1200. The second kappa shape index (κ2) is 16.2. The van der Waals surface area contributed by atoms with Crippen LogP contribution >= 0.6 is 0 Å². The average Bonchev–Trinajstić information content (AvgIpc) is 3.46. The van der Waals surface area contributed by atoms with Crippen LogP contribution in [0.25, 0.3) is 0 Å². The number of benzene rings is 1. The lowest BCUT2D eigenvalue weighted by molar-refractivity contribution is -0.143. The number of likely N-dealkylation sites (tertiary alicyclic amines) is 1. The summed E-state index contributed by atoms with van der Waals surface area (Å²) in [5.74, 6) is -4.91. The van der Waals surface area contributed by atoms with E-state index in [9.17, 15) is 39.3 Å². The molecule has 238 valence electrons. The van der Waals surface area contributed by atoms with Crippen LogP contribution in [0.5, 0.6) is 11.5 Å². The van der Waals surface area contributed by atoms with E-state index in [4.69, 9.17) is 11.5 Å². The molecule has 0 radical (unpaired) electrons. The summed E-state index contributed by atoms with van der Waals surface area (Å²) in [7, 11) is 0. The fourth-order valence-electron chi connectivity index (χ4n) is 4.76. The highest BCUT2D eigenvalue weighted by molar-refractivity contribution is 6.01. The lowest BCUT2D eigenvalue weighted by atomic mass is 9.97. The van der Waals surface area contributed by atoms with Crippen LogP contribution in [0.4, 0.5) is 0 Å². The standard InChI is InChI=1S/C28H43N7O8/c1-4-15(3)22(25(40)32-18(5-2)27(42)43)34-24(39)20-9-7-13-35(20)26(41)19(8-6-12-31-28(29)30)33-23(38)17-14-16(36)10-11-21(17)37/h10-11,14-15,18-20,22,36-37H,4-9,12-13H2,1-3H3,(H,32,40)(H,33,38)(H,34,39)(H,42,43)(H4,29,30,31)/t15-,18+,19-,20+,22-/m1/s1. The number of nitrogens with zero attached hydrogens (tertiary/aromatic N) is 2. The molecule has 1 aliphatic heterocycles. The molecule has 0 unspecified atom stereocenters. The monoisotopic (exact) mass is 605 g/mol. The maximum absolute atomic E-state index is 13.8. The summed E-state index contributed by atoms with van der Waals surface area (Å²) in [5.41, 5.74) is 10.5. The summed E-state index contributed by atoms with van der Waals surface area (Å²) in [6.45, 7) is 5.59. The molecule has 0 aromatic heterocycles. The Balaban J connectivity index is 2.26. The number of rotatable bonds is 15. The van der Waals surface area contributed by atoms with Gasteiger partial charge in [-0.25, -0.2) is 4.79 Å². The molecule has 43 heavy (non-hydrogen) atoms. The number of carboxylic acid groups (broad SMARTS) is 1. The predicted octanol–water partition coefficient (Wildman–Crippen LogP) is -0.249. The number of nitrogens with one attached hydrogen (secondary N) is 3. The zero-order chi connectivity index (χ0) is 32.3. The number of aliphatic imine (C=N–C) groups is 1. The first-order chi connectivity index (χ1) is 20.3. The van der Waals surface area contributed by atoms with E-state index >= 15 is 0 Å². The largest absolute Gasteiger partial charge is 0.508 e. The van der Waals surface area contributed by atoms with Gasteiger partial charge in [0.1, 0.15) is 35.7 Å². The smallest absolute Gasteiger partial charge is 0.326 e. The third-order valence-corrected chi connectivity index (χ3v) is 7.43. The van der Waals surface area contributed by atoms with Gasteiger partial charge in [-0.05, 0) is 56.2 Å². The van der Waals surface area contributed by atoms with Crippen molar-refractivity contribution >= 4 is 35.6 Å². The molecular formula is C28H43N7O8. The number of amides is 4. The van der Waals surface area contributed by atoms with Gasteiger partial charge in [0.15, 0.2) is 5.96 Å². The van der Waals surface area contributed by atoms with Crippen LogP contribution in [-0.2, 0) is 19.2 Å². The average molecular weight is 606 g/mol. The predicted molar refractivity (Wildman–Crippen MR) is 157 cm³/mol. The molecule has 15 nitrogen and oxygen atoms in total. The summed E-state index contributed by atoms with van der Waals surface area (Å²) < 4.78 is 0. The van der Waals surface area contributed by atoms with Gasteiger partial charge in [-0.3, -0.25) is 24.2 Å². The lowest BCUT2D eigenvalue weighted by Gasteiger charge is -2.31. The Hall–Kier alpha value is -4.56. The molecule has 1 aromatic carbocycles. The van der Waals surface area contributed by atoms with Gasteiger partial charge in [-0.15, -0.1) is 0 Å². The first-order valence-corrected chi connectivity index (χ1v) is 14.3.